The molecule has 3 rings (SSSR count). The monoisotopic (exact) mass is 432 g/mol. The quantitative estimate of drug-likeness (QED) is 0.725. The zero-order chi connectivity index (χ0) is 21.9. The number of methoxy groups -OCH3 is 1. The zero-order valence-electron chi connectivity index (χ0n) is 17.8. The summed E-state index contributed by atoms with van der Waals surface area (Å²) in [5, 5.41) is 0. The maximum absolute atomic E-state index is 13.0. The first-order valence-electron chi connectivity index (χ1n) is 9.96. The Balaban J connectivity index is 1.91. The second-order valence-corrected chi connectivity index (χ2v) is 9.03. The first-order chi connectivity index (χ1) is 14.3. The van der Waals surface area contributed by atoms with Crippen molar-refractivity contribution in [3.8, 4) is 5.75 Å². The summed E-state index contributed by atoms with van der Waals surface area (Å²) in [5.74, 6) is 0.564. The molecule has 0 saturated carbocycles. The highest BCUT2D eigenvalue weighted by Crippen LogP contribution is 2.32. The molecule has 0 aliphatic carbocycles. The van der Waals surface area contributed by atoms with Crippen LogP contribution in [0.4, 0.5) is 11.4 Å². The van der Waals surface area contributed by atoms with Gasteiger partial charge in [0.05, 0.1) is 17.2 Å². The van der Waals surface area contributed by atoms with Gasteiger partial charge in [-0.05, 0) is 74.6 Å². The van der Waals surface area contributed by atoms with Crippen molar-refractivity contribution in [3.63, 3.8) is 0 Å². The molecule has 1 amide bonds. The number of nitrogens with zero attached hydrogens (tertiary/aromatic N) is 1. The topological polar surface area (TPSA) is 84.9 Å². The fourth-order valence-corrected chi connectivity index (χ4v) is 4.97. The normalized spacial score (nSPS) is 13.7. The van der Waals surface area contributed by atoms with Crippen LogP contribution >= 0.6 is 0 Å². The average molecular weight is 433 g/mol. The van der Waals surface area contributed by atoms with Gasteiger partial charge in [-0.1, -0.05) is 6.07 Å². The molecule has 2 aromatic rings. The third kappa shape index (κ3) is 4.60. The molecule has 1 N–H and O–H groups in total. The Morgan fingerprint density at radius 2 is 1.87 bits per heavy atom. The lowest BCUT2D eigenvalue weighted by atomic mass is 10.0. The van der Waals surface area contributed by atoms with E-state index in [0.717, 1.165) is 35.2 Å². The molecule has 7 nitrogen and oxygen atoms in total. The predicted molar refractivity (Wildman–Crippen MR) is 117 cm³/mol. The molecule has 30 heavy (non-hydrogen) atoms. The number of benzene rings is 2. The third-order valence-electron chi connectivity index (χ3n) is 5.06. The lowest BCUT2D eigenvalue weighted by Crippen LogP contribution is -2.37. The Bertz CT molecular complexity index is 1030. The number of carbonyl (C=O) groups excluding carboxylic acids is 1. The van der Waals surface area contributed by atoms with Gasteiger partial charge < -0.3 is 14.4 Å². The fraction of sp³-hybridized carbons (Fsp3) is 0.409. The van der Waals surface area contributed by atoms with Gasteiger partial charge >= 0.3 is 0 Å². The Morgan fingerprint density at radius 3 is 2.50 bits per heavy atom. The molecule has 0 fully saturated rings. The summed E-state index contributed by atoms with van der Waals surface area (Å²) in [4.78, 5) is 14.2. The number of amides is 1. The number of aryl methyl sites for hydroxylation is 3. The molecule has 0 radical (unpaired) electrons. The molecule has 8 heteroatoms. The third-order valence-corrected chi connectivity index (χ3v) is 6.42. The number of rotatable bonds is 7. The van der Waals surface area contributed by atoms with Gasteiger partial charge in [-0.2, -0.15) is 0 Å². The second kappa shape index (κ2) is 9.06. The molecule has 2 aromatic carbocycles. The highest BCUT2D eigenvalue weighted by Gasteiger charge is 2.24. The van der Waals surface area contributed by atoms with E-state index in [4.69, 9.17) is 9.47 Å². The van der Waals surface area contributed by atoms with Crippen LogP contribution in [-0.2, 0) is 26.0 Å². The molecule has 1 aliphatic heterocycles. The predicted octanol–water partition coefficient (Wildman–Crippen LogP) is 3.43. The van der Waals surface area contributed by atoms with Crippen molar-refractivity contribution in [2.45, 2.75) is 38.5 Å². The average Bonchev–Trinajstić information content (AvgIpc) is 2.70. The number of sulfonamides is 1. The SMILES string of the molecule is CCOc1c(C)cc(S(=O)(=O)Nc2ccc3c(c2)N(C(=O)COC)CCC3)cc1C. The van der Waals surface area contributed by atoms with Crippen LogP contribution in [0.5, 0.6) is 5.75 Å². The molecule has 0 spiro atoms. The Kier molecular flexibility index (Phi) is 6.67. The van der Waals surface area contributed by atoms with E-state index in [2.05, 4.69) is 4.72 Å². The van der Waals surface area contributed by atoms with E-state index < -0.39 is 10.0 Å². The van der Waals surface area contributed by atoms with E-state index in [1.807, 2.05) is 26.8 Å². The van der Waals surface area contributed by atoms with Gasteiger partial charge in [0.2, 0.25) is 0 Å². The standard InChI is InChI=1S/C22H28N2O5S/c1-5-29-22-15(2)11-19(12-16(22)3)30(26,27)23-18-9-8-17-7-6-10-24(20(17)13-18)21(25)14-28-4/h8-9,11-13,23H,5-7,10,14H2,1-4H3. The van der Waals surface area contributed by atoms with E-state index in [1.165, 1.54) is 7.11 Å². The van der Waals surface area contributed by atoms with Crippen LogP contribution in [0.2, 0.25) is 0 Å². The maximum atomic E-state index is 13.0. The Morgan fingerprint density at radius 1 is 1.17 bits per heavy atom. The highest BCUT2D eigenvalue weighted by atomic mass is 32.2. The van der Waals surface area contributed by atoms with Crippen molar-refractivity contribution in [3.05, 3.63) is 47.0 Å². The van der Waals surface area contributed by atoms with Gasteiger partial charge in [-0.3, -0.25) is 9.52 Å². The van der Waals surface area contributed by atoms with E-state index in [1.54, 1.807) is 29.2 Å². The second-order valence-electron chi connectivity index (χ2n) is 7.35. The van der Waals surface area contributed by atoms with Crippen LogP contribution < -0.4 is 14.4 Å². The lowest BCUT2D eigenvalue weighted by molar-refractivity contribution is -0.122. The molecular weight excluding hydrogens is 404 g/mol. The molecule has 0 atom stereocenters. The van der Waals surface area contributed by atoms with E-state index in [-0.39, 0.29) is 17.4 Å². The first-order valence-corrected chi connectivity index (χ1v) is 11.4. The minimum absolute atomic E-state index is 0.0138. The Hall–Kier alpha value is -2.58. The zero-order valence-corrected chi connectivity index (χ0v) is 18.6. The van der Waals surface area contributed by atoms with Crippen LogP contribution in [-0.4, -0.2) is 41.2 Å². The molecule has 0 aromatic heterocycles. The summed E-state index contributed by atoms with van der Waals surface area (Å²) in [6, 6.07) is 8.53. The number of carbonyl (C=O) groups is 1. The number of ether oxygens (including phenoxy) is 2. The van der Waals surface area contributed by atoms with Crippen molar-refractivity contribution in [2.75, 3.05) is 36.5 Å². The molecular formula is C22H28N2O5S. The summed E-state index contributed by atoms with van der Waals surface area (Å²) >= 11 is 0. The van der Waals surface area contributed by atoms with Crippen LogP contribution in [0.3, 0.4) is 0 Å². The molecule has 0 bridgehead atoms. The van der Waals surface area contributed by atoms with Crippen molar-refractivity contribution >= 4 is 27.3 Å². The molecule has 1 heterocycles. The number of hydrogen-bond donors (Lipinski definition) is 1. The first kappa shape index (κ1) is 22.1. The van der Waals surface area contributed by atoms with Crippen molar-refractivity contribution in [1.29, 1.82) is 0 Å². The van der Waals surface area contributed by atoms with Crippen molar-refractivity contribution < 1.29 is 22.7 Å². The van der Waals surface area contributed by atoms with E-state index >= 15 is 0 Å². The van der Waals surface area contributed by atoms with E-state index in [9.17, 15) is 13.2 Å². The highest BCUT2D eigenvalue weighted by molar-refractivity contribution is 7.92. The Labute approximate surface area is 178 Å². The van der Waals surface area contributed by atoms with Crippen LogP contribution in [0.1, 0.15) is 30.0 Å². The van der Waals surface area contributed by atoms with Crippen molar-refractivity contribution in [2.24, 2.45) is 0 Å². The van der Waals surface area contributed by atoms with Crippen LogP contribution in [0.25, 0.3) is 0 Å². The number of anilines is 2. The van der Waals surface area contributed by atoms with Crippen molar-refractivity contribution in [1.82, 2.24) is 0 Å². The molecule has 1 aliphatic rings. The maximum Gasteiger partial charge on any atom is 0.261 e. The molecule has 162 valence electrons. The lowest BCUT2D eigenvalue weighted by Gasteiger charge is -2.30. The van der Waals surface area contributed by atoms with Gasteiger partial charge in [-0.25, -0.2) is 8.42 Å². The van der Waals surface area contributed by atoms with Gasteiger partial charge in [0.25, 0.3) is 15.9 Å². The summed E-state index contributed by atoms with van der Waals surface area (Å²) in [6.45, 7) is 6.63. The van der Waals surface area contributed by atoms with Gasteiger partial charge in [0, 0.05) is 19.3 Å². The van der Waals surface area contributed by atoms with Crippen LogP contribution in [0.15, 0.2) is 35.2 Å². The summed E-state index contributed by atoms with van der Waals surface area (Å²) in [6.07, 6.45) is 1.70. The summed E-state index contributed by atoms with van der Waals surface area (Å²) in [5.41, 5.74) is 3.68. The smallest absolute Gasteiger partial charge is 0.261 e. The van der Waals surface area contributed by atoms with Gasteiger partial charge in [0.15, 0.2) is 0 Å². The number of hydrogen-bond acceptors (Lipinski definition) is 5. The minimum Gasteiger partial charge on any atom is -0.493 e. The minimum atomic E-state index is -3.80. The molecule has 0 saturated heterocycles. The number of nitrogens with one attached hydrogen (secondary N) is 1. The van der Waals surface area contributed by atoms with E-state index in [0.29, 0.717) is 24.6 Å². The van der Waals surface area contributed by atoms with Gasteiger partial charge in [0.1, 0.15) is 12.4 Å². The fourth-order valence-electron chi connectivity index (χ4n) is 3.75. The van der Waals surface area contributed by atoms with Gasteiger partial charge in [-0.15, -0.1) is 0 Å². The largest absolute Gasteiger partial charge is 0.493 e. The summed E-state index contributed by atoms with van der Waals surface area (Å²) < 4.78 is 39.2. The van der Waals surface area contributed by atoms with Crippen LogP contribution in [0, 0.1) is 13.8 Å². The molecule has 0 unspecified atom stereocenters. The summed E-state index contributed by atoms with van der Waals surface area (Å²) in [7, 11) is -2.32. The number of fused-ring (bicyclic) bond motifs is 1.